The van der Waals surface area contributed by atoms with Gasteiger partial charge in [0.25, 0.3) is 6.47 Å². The molecule has 0 heterocycles. The summed E-state index contributed by atoms with van der Waals surface area (Å²) < 4.78 is 4.55. The van der Waals surface area contributed by atoms with Gasteiger partial charge in [0.05, 0.1) is 6.61 Å². The lowest BCUT2D eigenvalue weighted by Gasteiger charge is -1.96. The molecule has 0 aliphatic carbocycles. The average molecular weight is 225 g/mol. The second-order valence-corrected chi connectivity index (χ2v) is 3.49. The highest BCUT2D eigenvalue weighted by atomic mass is 35.5. The highest BCUT2D eigenvalue weighted by Gasteiger charge is 1.89. The SMILES string of the molecule is O=COCC/C=C/Cc1ccc(Cl)cc1. The van der Waals surface area contributed by atoms with Gasteiger partial charge in [0.2, 0.25) is 0 Å². The average Bonchev–Trinajstić information content (AvgIpc) is 2.26. The predicted octanol–water partition coefficient (Wildman–Crippen LogP) is 3.00. The van der Waals surface area contributed by atoms with Crippen molar-refractivity contribution in [2.45, 2.75) is 12.8 Å². The van der Waals surface area contributed by atoms with Crippen LogP contribution in [-0.2, 0) is 16.0 Å². The van der Waals surface area contributed by atoms with Gasteiger partial charge in [0.1, 0.15) is 0 Å². The number of carbonyl (C=O) groups excluding carboxylic acids is 1. The topological polar surface area (TPSA) is 26.3 Å². The van der Waals surface area contributed by atoms with Crippen LogP contribution in [0.5, 0.6) is 0 Å². The zero-order valence-electron chi connectivity index (χ0n) is 8.36. The highest BCUT2D eigenvalue weighted by molar-refractivity contribution is 6.30. The first-order valence-electron chi connectivity index (χ1n) is 4.77. The van der Waals surface area contributed by atoms with Crippen LogP contribution < -0.4 is 0 Å². The van der Waals surface area contributed by atoms with Gasteiger partial charge >= 0.3 is 0 Å². The number of rotatable bonds is 6. The number of allylic oxidation sites excluding steroid dienone is 1. The summed E-state index contributed by atoms with van der Waals surface area (Å²) in [6.07, 6.45) is 5.68. The van der Waals surface area contributed by atoms with Crippen LogP contribution >= 0.6 is 11.6 Å². The highest BCUT2D eigenvalue weighted by Crippen LogP contribution is 2.10. The largest absolute Gasteiger partial charge is 0.468 e. The van der Waals surface area contributed by atoms with Crippen molar-refractivity contribution in [2.75, 3.05) is 6.61 Å². The molecule has 1 rings (SSSR count). The lowest BCUT2D eigenvalue weighted by molar-refractivity contribution is -0.128. The first-order chi connectivity index (χ1) is 7.33. The van der Waals surface area contributed by atoms with Crippen LogP contribution in [0.2, 0.25) is 5.02 Å². The van der Waals surface area contributed by atoms with Gasteiger partial charge in [-0.3, -0.25) is 4.79 Å². The van der Waals surface area contributed by atoms with Crippen LogP contribution in [0, 0.1) is 0 Å². The maximum Gasteiger partial charge on any atom is 0.293 e. The van der Waals surface area contributed by atoms with Crippen LogP contribution in [0.4, 0.5) is 0 Å². The molecule has 0 N–H and O–H groups in total. The molecule has 80 valence electrons. The Morgan fingerprint density at radius 2 is 1.93 bits per heavy atom. The van der Waals surface area contributed by atoms with Gasteiger partial charge in [-0.05, 0) is 30.5 Å². The van der Waals surface area contributed by atoms with E-state index < -0.39 is 0 Å². The van der Waals surface area contributed by atoms with Gasteiger partial charge in [-0.2, -0.15) is 0 Å². The smallest absolute Gasteiger partial charge is 0.293 e. The molecule has 0 atom stereocenters. The van der Waals surface area contributed by atoms with Crippen molar-refractivity contribution in [3.05, 3.63) is 47.0 Å². The van der Waals surface area contributed by atoms with Crippen molar-refractivity contribution in [1.82, 2.24) is 0 Å². The molecule has 0 aliphatic heterocycles. The van der Waals surface area contributed by atoms with Gasteiger partial charge in [-0.1, -0.05) is 35.9 Å². The van der Waals surface area contributed by atoms with Gasteiger partial charge < -0.3 is 4.74 Å². The maximum absolute atomic E-state index is 9.83. The Morgan fingerprint density at radius 3 is 2.60 bits per heavy atom. The molecule has 0 amide bonds. The minimum absolute atomic E-state index is 0.445. The van der Waals surface area contributed by atoms with Crippen molar-refractivity contribution in [1.29, 1.82) is 0 Å². The third-order valence-corrected chi connectivity index (χ3v) is 2.16. The van der Waals surface area contributed by atoms with Crippen LogP contribution in [0.1, 0.15) is 12.0 Å². The second-order valence-electron chi connectivity index (χ2n) is 3.06. The molecule has 3 heteroatoms. The summed E-state index contributed by atoms with van der Waals surface area (Å²) in [5.74, 6) is 0. The number of ether oxygens (including phenoxy) is 1. The fourth-order valence-electron chi connectivity index (χ4n) is 1.14. The zero-order chi connectivity index (χ0) is 10.9. The summed E-state index contributed by atoms with van der Waals surface area (Å²) in [6.45, 7) is 0.910. The summed E-state index contributed by atoms with van der Waals surface area (Å²) in [4.78, 5) is 9.83. The summed E-state index contributed by atoms with van der Waals surface area (Å²) in [5, 5.41) is 0.752. The van der Waals surface area contributed by atoms with Crippen LogP contribution in [0.3, 0.4) is 0 Å². The Kier molecular flexibility index (Phi) is 5.56. The maximum atomic E-state index is 9.83. The summed E-state index contributed by atoms with van der Waals surface area (Å²) in [7, 11) is 0. The lowest BCUT2D eigenvalue weighted by Crippen LogP contribution is -1.88. The number of carbonyl (C=O) groups is 1. The number of halogens is 1. The molecule has 0 aromatic heterocycles. The fourth-order valence-corrected chi connectivity index (χ4v) is 1.27. The summed E-state index contributed by atoms with van der Waals surface area (Å²) in [6, 6.07) is 7.74. The first-order valence-corrected chi connectivity index (χ1v) is 5.15. The van der Waals surface area contributed by atoms with Crippen molar-refractivity contribution in [3.8, 4) is 0 Å². The minimum Gasteiger partial charge on any atom is -0.468 e. The van der Waals surface area contributed by atoms with Crippen LogP contribution in [0.15, 0.2) is 36.4 Å². The summed E-state index contributed by atoms with van der Waals surface area (Å²) in [5.41, 5.74) is 1.21. The van der Waals surface area contributed by atoms with Crippen molar-refractivity contribution in [2.24, 2.45) is 0 Å². The second kappa shape index (κ2) is 7.07. The van der Waals surface area contributed by atoms with Crippen LogP contribution in [0.25, 0.3) is 0 Å². The molecule has 2 nitrogen and oxygen atoms in total. The molecule has 0 unspecified atom stereocenters. The van der Waals surface area contributed by atoms with E-state index in [9.17, 15) is 4.79 Å². The van der Waals surface area contributed by atoms with E-state index in [1.165, 1.54) is 5.56 Å². The Labute approximate surface area is 94.5 Å². The van der Waals surface area contributed by atoms with Crippen LogP contribution in [-0.4, -0.2) is 13.1 Å². The van der Waals surface area contributed by atoms with Gasteiger partial charge in [0.15, 0.2) is 0 Å². The van der Waals surface area contributed by atoms with E-state index in [1.807, 2.05) is 30.3 Å². The normalized spacial score (nSPS) is 10.5. The molecule has 0 bridgehead atoms. The van der Waals surface area contributed by atoms with E-state index in [0.29, 0.717) is 13.1 Å². The molecule has 15 heavy (non-hydrogen) atoms. The molecule has 0 saturated heterocycles. The Balaban J connectivity index is 2.24. The zero-order valence-corrected chi connectivity index (χ0v) is 9.11. The van der Waals surface area contributed by atoms with Crippen molar-refractivity contribution < 1.29 is 9.53 Å². The molecule has 0 spiro atoms. The standard InChI is InChI=1S/C12H13ClO2/c13-12-7-5-11(6-8-12)4-2-1-3-9-15-10-14/h1-2,5-8,10H,3-4,9H2/b2-1+. The number of benzene rings is 1. The van der Waals surface area contributed by atoms with E-state index in [4.69, 9.17) is 11.6 Å². The Morgan fingerprint density at radius 1 is 1.20 bits per heavy atom. The predicted molar refractivity (Wildman–Crippen MR) is 60.9 cm³/mol. The summed E-state index contributed by atoms with van der Waals surface area (Å²) >= 11 is 5.76. The quantitative estimate of drug-likeness (QED) is 0.422. The third kappa shape index (κ3) is 5.23. The molecule has 1 aromatic carbocycles. The molecule has 0 saturated carbocycles. The molecular weight excluding hydrogens is 212 g/mol. The van der Waals surface area contributed by atoms with E-state index in [0.717, 1.165) is 17.9 Å². The molecule has 0 aliphatic rings. The van der Waals surface area contributed by atoms with E-state index in [-0.39, 0.29) is 0 Å². The molecular formula is C12H13ClO2. The van der Waals surface area contributed by atoms with E-state index in [1.54, 1.807) is 0 Å². The Bertz CT molecular complexity index is 317. The van der Waals surface area contributed by atoms with E-state index >= 15 is 0 Å². The van der Waals surface area contributed by atoms with Gasteiger partial charge in [-0.15, -0.1) is 0 Å². The lowest BCUT2D eigenvalue weighted by atomic mass is 10.1. The first kappa shape index (κ1) is 11.8. The fraction of sp³-hybridized carbons (Fsp3) is 0.250. The van der Waals surface area contributed by atoms with E-state index in [2.05, 4.69) is 10.8 Å². The molecule has 1 aromatic rings. The molecule has 0 radical (unpaired) electrons. The molecule has 0 fully saturated rings. The van der Waals surface area contributed by atoms with Crippen molar-refractivity contribution in [3.63, 3.8) is 0 Å². The Hall–Kier alpha value is -1.28. The number of hydrogen-bond acceptors (Lipinski definition) is 2. The minimum atomic E-state index is 0.445. The van der Waals surface area contributed by atoms with Gasteiger partial charge in [0, 0.05) is 5.02 Å². The third-order valence-electron chi connectivity index (χ3n) is 1.90. The monoisotopic (exact) mass is 224 g/mol. The number of hydrogen-bond donors (Lipinski definition) is 0. The van der Waals surface area contributed by atoms with Crippen molar-refractivity contribution >= 4 is 18.1 Å². The van der Waals surface area contributed by atoms with Gasteiger partial charge in [-0.25, -0.2) is 0 Å².